The van der Waals surface area contributed by atoms with E-state index in [0.717, 1.165) is 25.7 Å². The number of rotatable bonds is 8. The van der Waals surface area contributed by atoms with Gasteiger partial charge in [-0.15, -0.1) is 0 Å². The van der Waals surface area contributed by atoms with Crippen LogP contribution in [0.3, 0.4) is 0 Å². The van der Waals surface area contributed by atoms with Crippen molar-refractivity contribution >= 4 is 47.8 Å². The molecule has 12 unspecified atom stereocenters. The summed E-state index contributed by atoms with van der Waals surface area (Å²) >= 11 is 0. The average Bonchev–Trinajstić information content (AvgIpc) is 4.02. The first-order valence-electron chi connectivity index (χ1n) is 19.0. The van der Waals surface area contributed by atoms with E-state index in [1.165, 1.54) is 6.92 Å². The van der Waals surface area contributed by atoms with Gasteiger partial charge in [-0.05, 0) is 59.3 Å². The molecule has 57 heavy (non-hydrogen) atoms. The summed E-state index contributed by atoms with van der Waals surface area (Å²) < 4.78 is 40.0. The van der Waals surface area contributed by atoms with E-state index in [4.69, 9.17) is 28.4 Å². The second-order valence-corrected chi connectivity index (χ2v) is 15.8. The van der Waals surface area contributed by atoms with Crippen molar-refractivity contribution in [3.63, 3.8) is 0 Å². The molecule has 8 rings (SSSR count). The number of carbonyl (C=O) groups is 8. The lowest BCUT2D eigenvalue weighted by atomic mass is 9.80. The Morgan fingerprint density at radius 1 is 0.596 bits per heavy atom. The van der Waals surface area contributed by atoms with Crippen LogP contribution in [0, 0.1) is 41.4 Å². The van der Waals surface area contributed by atoms with Crippen LogP contribution in [0.5, 0.6) is 0 Å². The van der Waals surface area contributed by atoms with E-state index in [9.17, 15) is 38.4 Å². The number of esters is 8. The molecule has 4 bridgehead atoms. The van der Waals surface area contributed by atoms with E-state index in [1.54, 1.807) is 20.8 Å². The summed E-state index contributed by atoms with van der Waals surface area (Å²) in [6.07, 6.45) is 2.53. The minimum Gasteiger partial charge on any atom is -0.465 e. The summed E-state index contributed by atoms with van der Waals surface area (Å²) in [6.45, 7) is 21.3. The minimum atomic E-state index is -0.728. The van der Waals surface area contributed by atoms with Crippen molar-refractivity contribution in [1.82, 2.24) is 0 Å². The van der Waals surface area contributed by atoms with Gasteiger partial charge in [-0.25, -0.2) is 24.0 Å². The average molecular weight is 799 g/mol. The normalized spacial score (nSPS) is 33.9. The predicted molar refractivity (Wildman–Crippen MR) is 194 cm³/mol. The van der Waals surface area contributed by atoms with Crippen LogP contribution in [0.1, 0.15) is 66.2 Å². The molecule has 4 saturated carbocycles. The van der Waals surface area contributed by atoms with Crippen LogP contribution in [-0.4, -0.2) is 98.1 Å². The SMILES string of the molecule is C=C(C)C(=O)OC1C2CC3C(=O)OC1C3C2.C=C(C)C(=O)OC1CC2CC1C1C(=O)OCC21.C=C(C)C(=O)OC1CCOC1=O.C=C(C)C(=O)OC1COC(=O)C1. The summed E-state index contributed by atoms with van der Waals surface area (Å²) in [5, 5.41) is 0. The van der Waals surface area contributed by atoms with Crippen molar-refractivity contribution in [2.24, 2.45) is 41.4 Å². The Kier molecular flexibility index (Phi) is 13.4. The lowest BCUT2D eigenvalue weighted by Crippen LogP contribution is -2.36. The maximum Gasteiger partial charge on any atom is 0.347 e. The Hall–Kier alpha value is -5.28. The first-order valence-corrected chi connectivity index (χ1v) is 19.0. The Balaban J connectivity index is 0.000000147. The van der Waals surface area contributed by atoms with Crippen LogP contribution in [0.25, 0.3) is 0 Å². The third-order valence-corrected chi connectivity index (χ3v) is 11.3. The van der Waals surface area contributed by atoms with Crippen molar-refractivity contribution in [3.8, 4) is 0 Å². The van der Waals surface area contributed by atoms with Gasteiger partial charge in [-0.1, -0.05) is 26.3 Å². The van der Waals surface area contributed by atoms with E-state index in [1.807, 2.05) is 0 Å². The van der Waals surface area contributed by atoms with E-state index in [-0.39, 0.29) is 90.4 Å². The largest absolute Gasteiger partial charge is 0.465 e. The molecule has 310 valence electrons. The zero-order valence-corrected chi connectivity index (χ0v) is 32.7. The van der Waals surface area contributed by atoms with Gasteiger partial charge in [0.05, 0.1) is 31.5 Å². The molecule has 16 nitrogen and oxygen atoms in total. The highest BCUT2D eigenvalue weighted by Gasteiger charge is 2.63. The smallest absolute Gasteiger partial charge is 0.347 e. The topological polar surface area (TPSA) is 210 Å². The van der Waals surface area contributed by atoms with E-state index in [0.29, 0.717) is 54.1 Å². The standard InChI is InChI=1S/C13H16O4.C12H14O4.2C8H10O4/c1-6(2)12(14)17-10-4-7-3-8(10)11-9(7)5-16-13(11)15;1-5(2)11(13)15-9-6-3-7-8(4-6)12(14)16-10(7)9;1-5(2)8(10)12-6-3-7(9)11-4-6;1-5(2)7(9)12-6-3-4-11-8(6)10/h7-11H,1,3-5H2,2H3;6-10H,1,3-4H2,2H3;2*6H,1,3-4H2,2H3. The number of fused-ring (bicyclic) bond motifs is 6. The van der Waals surface area contributed by atoms with Crippen molar-refractivity contribution in [1.29, 1.82) is 0 Å². The van der Waals surface area contributed by atoms with Gasteiger partial charge in [-0.3, -0.25) is 14.4 Å². The summed E-state index contributed by atoms with van der Waals surface area (Å²) in [4.78, 5) is 89.3. The number of cyclic esters (lactones) is 3. The molecule has 0 aromatic heterocycles. The molecular weight excluding hydrogens is 748 g/mol. The summed E-state index contributed by atoms with van der Waals surface area (Å²) in [5.74, 6) is -1.10. The van der Waals surface area contributed by atoms with Gasteiger partial charge in [0.1, 0.15) is 31.0 Å². The molecular formula is C41H50O16. The first kappa shape index (κ1) is 42.9. The quantitative estimate of drug-likeness (QED) is 0.196. The maximum atomic E-state index is 11.6. The van der Waals surface area contributed by atoms with Crippen LogP contribution in [0.2, 0.25) is 0 Å². The fourth-order valence-electron chi connectivity index (χ4n) is 8.57. The minimum absolute atomic E-state index is 0.0309. The molecule has 0 radical (unpaired) electrons. The number of hydrogen-bond acceptors (Lipinski definition) is 16. The number of ether oxygens (including phenoxy) is 8. The third kappa shape index (κ3) is 9.82. The van der Waals surface area contributed by atoms with Gasteiger partial charge in [0.15, 0.2) is 0 Å². The van der Waals surface area contributed by atoms with Crippen LogP contribution in [0.15, 0.2) is 48.6 Å². The molecule has 0 amide bonds. The van der Waals surface area contributed by atoms with E-state index < -0.39 is 30.1 Å². The maximum absolute atomic E-state index is 11.6. The Morgan fingerprint density at radius 2 is 1.19 bits per heavy atom. The van der Waals surface area contributed by atoms with Crippen LogP contribution >= 0.6 is 0 Å². The lowest BCUT2D eigenvalue weighted by Gasteiger charge is -2.28. The molecule has 4 saturated heterocycles. The molecule has 16 heteroatoms. The van der Waals surface area contributed by atoms with Gasteiger partial charge in [-0.2, -0.15) is 0 Å². The molecule has 4 heterocycles. The summed E-state index contributed by atoms with van der Waals surface area (Å²) in [6, 6.07) is 0. The molecule has 0 spiro atoms. The van der Waals surface area contributed by atoms with Gasteiger partial charge < -0.3 is 37.9 Å². The monoisotopic (exact) mass is 798 g/mol. The van der Waals surface area contributed by atoms with Gasteiger partial charge in [0.2, 0.25) is 6.10 Å². The predicted octanol–water partition coefficient (Wildman–Crippen LogP) is 3.20. The number of hydrogen-bond donors (Lipinski definition) is 0. The zero-order valence-electron chi connectivity index (χ0n) is 32.7. The number of carbonyl (C=O) groups excluding carboxylic acids is 8. The molecule has 8 aliphatic rings. The lowest BCUT2D eigenvalue weighted by molar-refractivity contribution is -0.158. The van der Waals surface area contributed by atoms with Crippen LogP contribution < -0.4 is 0 Å². The highest BCUT2D eigenvalue weighted by molar-refractivity contribution is 5.90. The highest BCUT2D eigenvalue weighted by Crippen LogP contribution is 2.56. The Morgan fingerprint density at radius 3 is 1.77 bits per heavy atom. The first-order chi connectivity index (χ1) is 26.9. The third-order valence-electron chi connectivity index (χ3n) is 11.3. The van der Waals surface area contributed by atoms with Crippen molar-refractivity contribution in [2.75, 3.05) is 19.8 Å². The van der Waals surface area contributed by atoms with Gasteiger partial charge >= 0.3 is 47.8 Å². The van der Waals surface area contributed by atoms with Crippen molar-refractivity contribution in [3.05, 3.63) is 48.6 Å². The van der Waals surface area contributed by atoms with E-state index in [2.05, 4.69) is 35.8 Å². The van der Waals surface area contributed by atoms with Gasteiger partial charge in [0.25, 0.3) is 0 Å². The highest BCUT2D eigenvalue weighted by atomic mass is 16.6. The Bertz CT molecular complexity index is 1740. The molecule has 0 aromatic carbocycles. The molecule has 12 atom stereocenters. The summed E-state index contributed by atoms with van der Waals surface area (Å²) in [5.41, 5.74) is 1.42. The second kappa shape index (κ2) is 17.9. The molecule has 8 fully saturated rings. The molecule has 4 aliphatic carbocycles. The fourth-order valence-corrected chi connectivity index (χ4v) is 8.57. The fraction of sp³-hybridized carbons (Fsp3) is 0.610. The van der Waals surface area contributed by atoms with Crippen LogP contribution in [0.4, 0.5) is 0 Å². The Labute approximate surface area is 330 Å². The molecule has 4 aliphatic heterocycles. The van der Waals surface area contributed by atoms with Crippen molar-refractivity contribution in [2.45, 2.75) is 96.7 Å². The second-order valence-electron chi connectivity index (χ2n) is 15.8. The van der Waals surface area contributed by atoms with E-state index >= 15 is 0 Å². The molecule has 0 N–H and O–H groups in total. The van der Waals surface area contributed by atoms with Gasteiger partial charge in [0, 0.05) is 52.4 Å². The summed E-state index contributed by atoms with van der Waals surface area (Å²) in [7, 11) is 0. The zero-order chi connectivity index (χ0) is 41.9. The van der Waals surface area contributed by atoms with Crippen LogP contribution in [-0.2, 0) is 76.3 Å². The van der Waals surface area contributed by atoms with Crippen molar-refractivity contribution < 1.29 is 76.3 Å². The molecule has 0 aromatic rings.